The average Bonchev–Trinajstić information content (AvgIpc) is 2.30. The molecule has 9 heteroatoms. The molecule has 110 valence electrons. The Labute approximate surface area is 120 Å². The molecule has 0 saturated heterocycles. The van der Waals surface area contributed by atoms with Crippen molar-refractivity contribution in [2.45, 2.75) is 11.8 Å². The quantitative estimate of drug-likeness (QED) is 0.801. The summed E-state index contributed by atoms with van der Waals surface area (Å²) in [5, 5.41) is 17.6. The van der Waals surface area contributed by atoms with Crippen molar-refractivity contribution in [3.8, 4) is 0 Å². The number of hydrogen-bond acceptors (Lipinski definition) is 4. The van der Waals surface area contributed by atoms with Crippen molar-refractivity contribution < 1.29 is 28.2 Å². The molecule has 1 aromatic rings. The Balaban J connectivity index is 3.31. The summed E-state index contributed by atoms with van der Waals surface area (Å²) in [4.78, 5) is 21.2. The number of carboxylic acids is 2. The molecule has 0 spiro atoms. The molecule has 0 fully saturated rings. The Morgan fingerprint density at radius 2 is 1.70 bits per heavy atom. The van der Waals surface area contributed by atoms with E-state index in [4.69, 9.17) is 21.8 Å². The third kappa shape index (κ3) is 3.92. The SMILES string of the molecule is Cc1ccc(Cl)cc1S(=O)(=O)N(CC(=O)O)CC(=O)O. The number of sulfonamides is 1. The van der Waals surface area contributed by atoms with E-state index in [0.29, 0.717) is 9.87 Å². The van der Waals surface area contributed by atoms with Crippen LogP contribution >= 0.6 is 11.6 Å². The topological polar surface area (TPSA) is 112 Å². The lowest BCUT2D eigenvalue weighted by Gasteiger charge is -2.19. The molecule has 0 aliphatic carbocycles. The zero-order valence-electron chi connectivity index (χ0n) is 10.4. The van der Waals surface area contributed by atoms with Gasteiger partial charge in [0, 0.05) is 5.02 Å². The fraction of sp³-hybridized carbons (Fsp3) is 0.273. The predicted octanol–water partition coefficient (Wildman–Crippen LogP) is 0.808. The van der Waals surface area contributed by atoms with E-state index in [0.717, 1.165) is 6.07 Å². The average molecular weight is 322 g/mol. The summed E-state index contributed by atoms with van der Waals surface area (Å²) >= 11 is 5.72. The molecule has 0 aliphatic rings. The smallest absolute Gasteiger partial charge is 0.318 e. The van der Waals surface area contributed by atoms with Crippen LogP contribution in [0.25, 0.3) is 0 Å². The summed E-state index contributed by atoms with van der Waals surface area (Å²) in [5.41, 5.74) is 0.343. The zero-order chi connectivity index (χ0) is 15.5. The van der Waals surface area contributed by atoms with Crippen LogP contribution in [0.2, 0.25) is 5.02 Å². The van der Waals surface area contributed by atoms with E-state index < -0.39 is 35.1 Å². The van der Waals surface area contributed by atoms with E-state index in [1.165, 1.54) is 19.1 Å². The number of rotatable bonds is 6. The first-order valence-corrected chi connectivity index (χ1v) is 7.16. The second-order valence-electron chi connectivity index (χ2n) is 3.97. The van der Waals surface area contributed by atoms with Gasteiger partial charge in [-0.25, -0.2) is 8.42 Å². The maximum absolute atomic E-state index is 12.3. The predicted molar refractivity (Wildman–Crippen MR) is 70.2 cm³/mol. The number of hydrogen-bond donors (Lipinski definition) is 2. The molecule has 20 heavy (non-hydrogen) atoms. The number of nitrogens with zero attached hydrogens (tertiary/aromatic N) is 1. The number of halogens is 1. The fourth-order valence-electron chi connectivity index (χ4n) is 1.52. The van der Waals surface area contributed by atoms with Gasteiger partial charge in [0.15, 0.2) is 0 Å². The van der Waals surface area contributed by atoms with Crippen molar-refractivity contribution in [3.63, 3.8) is 0 Å². The number of benzene rings is 1. The third-order valence-electron chi connectivity index (χ3n) is 2.39. The summed E-state index contributed by atoms with van der Waals surface area (Å²) in [7, 11) is -4.26. The molecular weight excluding hydrogens is 310 g/mol. The van der Waals surface area contributed by atoms with Crippen molar-refractivity contribution in [1.29, 1.82) is 0 Å². The van der Waals surface area contributed by atoms with Crippen LogP contribution in [-0.4, -0.2) is 48.0 Å². The Kier molecular flexibility index (Phi) is 5.09. The highest BCUT2D eigenvalue weighted by atomic mass is 35.5. The second kappa shape index (κ2) is 6.21. The van der Waals surface area contributed by atoms with Gasteiger partial charge in [-0.3, -0.25) is 9.59 Å². The lowest BCUT2D eigenvalue weighted by atomic mass is 10.2. The van der Waals surface area contributed by atoms with E-state index >= 15 is 0 Å². The van der Waals surface area contributed by atoms with Crippen LogP contribution in [-0.2, 0) is 19.6 Å². The van der Waals surface area contributed by atoms with Crippen LogP contribution in [0.5, 0.6) is 0 Å². The second-order valence-corrected chi connectivity index (χ2v) is 6.31. The van der Waals surface area contributed by atoms with Gasteiger partial charge in [0.1, 0.15) is 13.1 Å². The van der Waals surface area contributed by atoms with Gasteiger partial charge in [0.05, 0.1) is 4.90 Å². The van der Waals surface area contributed by atoms with Gasteiger partial charge in [-0.1, -0.05) is 17.7 Å². The minimum Gasteiger partial charge on any atom is -0.480 e. The summed E-state index contributed by atoms with van der Waals surface area (Å²) in [5.74, 6) is -2.90. The van der Waals surface area contributed by atoms with E-state index in [2.05, 4.69) is 0 Å². The van der Waals surface area contributed by atoms with Crippen molar-refractivity contribution in [3.05, 3.63) is 28.8 Å². The Morgan fingerprint density at radius 3 is 2.15 bits per heavy atom. The van der Waals surface area contributed by atoms with E-state index in [1.807, 2.05) is 0 Å². The molecule has 1 rings (SSSR count). The monoisotopic (exact) mass is 321 g/mol. The van der Waals surface area contributed by atoms with Crippen molar-refractivity contribution >= 4 is 33.6 Å². The minimum atomic E-state index is -4.26. The molecule has 0 heterocycles. The molecule has 0 saturated carbocycles. The van der Waals surface area contributed by atoms with Crippen molar-refractivity contribution in [2.24, 2.45) is 0 Å². The first-order valence-electron chi connectivity index (χ1n) is 5.34. The summed E-state index contributed by atoms with van der Waals surface area (Å²) in [6.45, 7) is -0.385. The lowest BCUT2D eigenvalue weighted by Crippen LogP contribution is -2.39. The largest absolute Gasteiger partial charge is 0.480 e. The molecule has 2 N–H and O–H groups in total. The van der Waals surface area contributed by atoms with E-state index in [1.54, 1.807) is 0 Å². The van der Waals surface area contributed by atoms with Gasteiger partial charge in [-0.2, -0.15) is 4.31 Å². The highest BCUT2D eigenvalue weighted by Gasteiger charge is 2.29. The summed E-state index contributed by atoms with van der Waals surface area (Å²) < 4.78 is 25.0. The Bertz CT molecular complexity index is 626. The van der Waals surface area contributed by atoms with Crippen LogP contribution in [0.15, 0.2) is 23.1 Å². The number of carboxylic acid groups (broad SMARTS) is 2. The maximum Gasteiger partial charge on any atom is 0.318 e. The minimum absolute atomic E-state index is 0.153. The van der Waals surface area contributed by atoms with Gasteiger partial charge >= 0.3 is 11.9 Å². The van der Waals surface area contributed by atoms with Crippen LogP contribution in [0.3, 0.4) is 0 Å². The summed E-state index contributed by atoms with van der Waals surface area (Å²) in [6, 6.07) is 4.09. The number of carbonyl (C=O) groups is 2. The Morgan fingerprint density at radius 1 is 1.20 bits per heavy atom. The highest BCUT2D eigenvalue weighted by Crippen LogP contribution is 2.23. The van der Waals surface area contributed by atoms with E-state index in [-0.39, 0.29) is 9.92 Å². The van der Waals surface area contributed by atoms with E-state index in [9.17, 15) is 18.0 Å². The van der Waals surface area contributed by atoms with Gasteiger partial charge < -0.3 is 10.2 Å². The third-order valence-corrected chi connectivity index (χ3v) is 4.56. The molecule has 0 bridgehead atoms. The highest BCUT2D eigenvalue weighted by molar-refractivity contribution is 7.89. The molecule has 0 aliphatic heterocycles. The maximum atomic E-state index is 12.3. The van der Waals surface area contributed by atoms with Crippen LogP contribution in [0.4, 0.5) is 0 Å². The molecule has 0 aromatic heterocycles. The van der Waals surface area contributed by atoms with Crippen LogP contribution < -0.4 is 0 Å². The lowest BCUT2D eigenvalue weighted by molar-refractivity contribution is -0.139. The molecule has 0 unspecified atom stereocenters. The molecule has 0 atom stereocenters. The molecule has 7 nitrogen and oxygen atoms in total. The van der Waals surface area contributed by atoms with Crippen molar-refractivity contribution in [1.82, 2.24) is 4.31 Å². The van der Waals surface area contributed by atoms with Gasteiger partial charge in [0.2, 0.25) is 10.0 Å². The molecule has 0 radical (unpaired) electrons. The fourth-order valence-corrected chi connectivity index (χ4v) is 3.35. The van der Waals surface area contributed by atoms with Crippen LogP contribution in [0, 0.1) is 6.92 Å². The first kappa shape index (κ1) is 16.4. The van der Waals surface area contributed by atoms with Gasteiger partial charge in [-0.05, 0) is 24.6 Å². The summed E-state index contributed by atoms with van der Waals surface area (Å²) in [6.07, 6.45) is 0. The standard InChI is InChI=1S/C11H12ClNO6S/c1-7-2-3-8(12)4-9(7)20(18,19)13(5-10(14)15)6-11(16)17/h2-4H,5-6H2,1H3,(H,14,15)(H,16,17). The number of aryl methyl sites for hydroxylation is 1. The first-order chi connectivity index (χ1) is 9.14. The zero-order valence-corrected chi connectivity index (χ0v) is 12.0. The van der Waals surface area contributed by atoms with Gasteiger partial charge in [-0.15, -0.1) is 0 Å². The number of aliphatic carboxylic acids is 2. The molecular formula is C11H12ClNO6S. The van der Waals surface area contributed by atoms with Gasteiger partial charge in [0.25, 0.3) is 0 Å². The molecule has 1 aromatic carbocycles. The Hall–Kier alpha value is -1.64. The normalized spacial score (nSPS) is 11.6. The van der Waals surface area contributed by atoms with Crippen molar-refractivity contribution in [2.75, 3.05) is 13.1 Å². The van der Waals surface area contributed by atoms with Crippen LogP contribution in [0.1, 0.15) is 5.56 Å². The molecule has 0 amide bonds.